The van der Waals surface area contributed by atoms with Gasteiger partial charge in [-0.3, -0.25) is 0 Å². The van der Waals surface area contributed by atoms with E-state index in [0.717, 1.165) is 28.2 Å². The Balaban J connectivity index is 2.03. The molecule has 110 valence electrons. The van der Waals surface area contributed by atoms with Crippen LogP contribution in [0.1, 0.15) is 19.4 Å². The van der Waals surface area contributed by atoms with Crippen LogP contribution in [0.2, 0.25) is 0 Å². The van der Waals surface area contributed by atoms with Crippen LogP contribution < -0.4 is 9.47 Å². The quantitative estimate of drug-likeness (QED) is 0.938. The Morgan fingerprint density at radius 3 is 2.48 bits per heavy atom. The normalized spacial score (nSPS) is 17.2. The lowest BCUT2D eigenvalue weighted by Gasteiger charge is -2.24. The fourth-order valence-electron chi connectivity index (χ4n) is 2.68. The average Bonchev–Trinajstić information content (AvgIpc) is 2.91. The molecule has 0 unspecified atom stereocenters. The third kappa shape index (κ3) is 2.61. The zero-order valence-electron chi connectivity index (χ0n) is 12.6. The number of benzene rings is 2. The van der Waals surface area contributed by atoms with Gasteiger partial charge in [0.05, 0.1) is 12.7 Å². The van der Waals surface area contributed by atoms with E-state index in [1.54, 1.807) is 21.0 Å². The first-order valence-electron chi connectivity index (χ1n) is 7.14. The molecule has 0 saturated carbocycles. The summed E-state index contributed by atoms with van der Waals surface area (Å²) in [5, 5.41) is 10.2. The number of ether oxygens (including phenoxy) is 2. The molecule has 2 aromatic rings. The molecule has 0 saturated heterocycles. The van der Waals surface area contributed by atoms with Gasteiger partial charge in [0.1, 0.15) is 17.6 Å². The number of fused-ring (bicyclic) bond motifs is 1. The maximum Gasteiger partial charge on any atom is 0.131 e. The molecule has 1 aliphatic rings. The van der Waals surface area contributed by atoms with E-state index < -0.39 is 5.60 Å². The van der Waals surface area contributed by atoms with Crippen LogP contribution in [0.3, 0.4) is 0 Å². The molecule has 1 heterocycles. The fraction of sp³-hybridized carbons (Fsp3) is 0.333. The Morgan fingerprint density at radius 1 is 1.14 bits per heavy atom. The lowest BCUT2D eigenvalue weighted by molar-refractivity contribution is -0.0229. The first-order chi connectivity index (χ1) is 9.99. The lowest BCUT2D eigenvalue weighted by atomic mass is 9.95. The van der Waals surface area contributed by atoms with Gasteiger partial charge in [0.15, 0.2) is 0 Å². The van der Waals surface area contributed by atoms with E-state index in [0.29, 0.717) is 6.42 Å². The summed E-state index contributed by atoms with van der Waals surface area (Å²) in [6.45, 7) is 3.54. The van der Waals surface area contributed by atoms with Gasteiger partial charge in [-0.15, -0.1) is 0 Å². The average molecular weight is 284 g/mol. The van der Waals surface area contributed by atoms with Gasteiger partial charge in [-0.2, -0.15) is 0 Å². The van der Waals surface area contributed by atoms with Crippen molar-refractivity contribution in [3.05, 3.63) is 48.0 Å². The molecule has 21 heavy (non-hydrogen) atoms. The van der Waals surface area contributed by atoms with Gasteiger partial charge in [0.2, 0.25) is 0 Å². The third-order valence-corrected chi connectivity index (χ3v) is 3.94. The van der Waals surface area contributed by atoms with Crippen molar-refractivity contribution in [1.82, 2.24) is 0 Å². The molecule has 0 amide bonds. The van der Waals surface area contributed by atoms with Crippen LogP contribution in [0, 0.1) is 0 Å². The second-order valence-corrected chi connectivity index (χ2v) is 5.99. The molecule has 0 bridgehead atoms. The molecular formula is C18H20O3. The minimum atomic E-state index is -0.878. The summed E-state index contributed by atoms with van der Waals surface area (Å²) in [5.74, 6) is 1.62. The number of hydrogen-bond donors (Lipinski definition) is 1. The molecular weight excluding hydrogens is 264 g/mol. The fourth-order valence-corrected chi connectivity index (χ4v) is 2.68. The molecule has 0 fully saturated rings. The number of methoxy groups -OCH3 is 1. The van der Waals surface area contributed by atoms with Gasteiger partial charge in [-0.25, -0.2) is 0 Å². The highest BCUT2D eigenvalue weighted by Crippen LogP contribution is 2.42. The van der Waals surface area contributed by atoms with E-state index in [1.165, 1.54) is 0 Å². The zero-order valence-corrected chi connectivity index (χ0v) is 12.6. The van der Waals surface area contributed by atoms with E-state index in [4.69, 9.17) is 9.47 Å². The number of rotatable bonds is 3. The molecule has 0 aromatic heterocycles. The van der Waals surface area contributed by atoms with Gasteiger partial charge < -0.3 is 14.6 Å². The van der Waals surface area contributed by atoms with Crippen LogP contribution in [0.4, 0.5) is 0 Å². The second kappa shape index (κ2) is 5.08. The van der Waals surface area contributed by atoms with Crippen LogP contribution in [-0.2, 0) is 6.42 Å². The maximum atomic E-state index is 10.2. The summed E-state index contributed by atoms with van der Waals surface area (Å²) >= 11 is 0. The smallest absolute Gasteiger partial charge is 0.131 e. The third-order valence-electron chi connectivity index (χ3n) is 3.94. The van der Waals surface area contributed by atoms with Gasteiger partial charge in [-0.05, 0) is 37.1 Å². The Labute approximate surface area is 125 Å². The predicted molar refractivity (Wildman–Crippen MR) is 82.8 cm³/mol. The van der Waals surface area contributed by atoms with Crippen molar-refractivity contribution in [1.29, 1.82) is 0 Å². The van der Waals surface area contributed by atoms with Crippen LogP contribution in [0.25, 0.3) is 11.1 Å². The summed E-state index contributed by atoms with van der Waals surface area (Å²) in [6, 6.07) is 14.2. The summed E-state index contributed by atoms with van der Waals surface area (Å²) in [5.41, 5.74) is 2.33. The van der Waals surface area contributed by atoms with Crippen molar-refractivity contribution >= 4 is 0 Å². The van der Waals surface area contributed by atoms with E-state index in [9.17, 15) is 5.11 Å². The number of hydrogen-bond acceptors (Lipinski definition) is 3. The molecule has 2 aromatic carbocycles. The Morgan fingerprint density at radius 2 is 1.86 bits per heavy atom. The largest absolute Gasteiger partial charge is 0.496 e. The highest BCUT2D eigenvalue weighted by molar-refractivity contribution is 5.69. The van der Waals surface area contributed by atoms with Crippen molar-refractivity contribution in [3.8, 4) is 22.6 Å². The minimum absolute atomic E-state index is 0.243. The van der Waals surface area contributed by atoms with E-state index in [2.05, 4.69) is 12.1 Å². The molecule has 0 aliphatic carbocycles. The highest BCUT2D eigenvalue weighted by Gasteiger charge is 2.36. The molecule has 1 aliphatic heterocycles. The van der Waals surface area contributed by atoms with Gasteiger partial charge >= 0.3 is 0 Å². The van der Waals surface area contributed by atoms with Gasteiger partial charge in [0, 0.05) is 12.0 Å². The van der Waals surface area contributed by atoms with Crippen LogP contribution >= 0.6 is 0 Å². The Bertz CT molecular complexity index is 642. The molecule has 3 nitrogen and oxygen atoms in total. The lowest BCUT2D eigenvalue weighted by Crippen LogP contribution is -2.39. The highest BCUT2D eigenvalue weighted by atomic mass is 16.5. The molecule has 1 atom stereocenters. The second-order valence-electron chi connectivity index (χ2n) is 5.99. The van der Waals surface area contributed by atoms with Crippen molar-refractivity contribution in [2.45, 2.75) is 32.0 Å². The summed E-state index contributed by atoms with van der Waals surface area (Å²) in [4.78, 5) is 0. The summed E-state index contributed by atoms with van der Waals surface area (Å²) in [7, 11) is 1.67. The van der Waals surface area contributed by atoms with Crippen molar-refractivity contribution in [3.63, 3.8) is 0 Å². The predicted octanol–water partition coefficient (Wildman–Crippen LogP) is 3.44. The first kappa shape index (κ1) is 14.0. The van der Waals surface area contributed by atoms with Crippen LogP contribution in [0.15, 0.2) is 42.5 Å². The monoisotopic (exact) mass is 284 g/mol. The standard InChI is InChI=1S/C18H20O3/c1-18(2,19)17-11-14-15(20-3)9-13(10-16(14)21-17)12-7-5-4-6-8-12/h4-10,17,19H,11H2,1-3H3/t17-/m0/s1. The topological polar surface area (TPSA) is 38.7 Å². The SMILES string of the molecule is COc1cc(-c2ccccc2)cc2c1C[C@@H](C(C)(C)O)O2. The van der Waals surface area contributed by atoms with Crippen molar-refractivity contribution in [2.75, 3.05) is 7.11 Å². The molecule has 3 rings (SSSR count). The van der Waals surface area contributed by atoms with Crippen molar-refractivity contribution in [2.24, 2.45) is 0 Å². The van der Waals surface area contributed by atoms with Crippen LogP contribution in [-0.4, -0.2) is 23.9 Å². The van der Waals surface area contributed by atoms with Gasteiger partial charge in [0.25, 0.3) is 0 Å². The molecule has 0 spiro atoms. The maximum absolute atomic E-state index is 10.2. The van der Waals surface area contributed by atoms with E-state index in [1.807, 2.05) is 30.3 Å². The zero-order chi connectivity index (χ0) is 15.0. The summed E-state index contributed by atoms with van der Waals surface area (Å²) in [6.07, 6.45) is 0.421. The van der Waals surface area contributed by atoms with E-state index in [-0.39, 0.29) is 6.10 Å². The van der Waals surface area contributed by atoms with Crippen LogP contribution in [0.5, 0.6) is 11.5 Å². The minimum Gasteiger partial charge on any atom is -0.496 e. The molecule has 0 radical (unpaired) electrons. The number of aliphatic hydroxyl groups is 1. The Hall–Kier alpha value is -2.00. The first-order valence-corrected chi connectivity index (χ1v) is 7.14. The molecule has 3 heteroatoms. The van der Waals surface area contributed by atoms with Crippen molar-refractivity contribution < 1.29 is 14.6 Å². The van der Waals surface area contributed by atoms with E-state index >= 15 is 0 Å². The van der Waals surface area contributed by atoms with Gasteiger partial charge in [-0.1, -0.05) is 30.3 Å². The molecule has 1 N–H and O–H groups in total. The Kier molecular flexibility index (Phi) is 3.38. The summed E-state index contributed by atoms with van der Waals surface area (Å²) < 4.78 is 11.5.